The largest absolute Gasteiger partial charge is 0.292 e. The Balaban J connectivity index is 1.85. The third-order valence-corrected chi connectivity index (χ3v) is 3.82. The zero-order valence-corrected chi connectivity index (χ0v) is 13.7. The minimum absolute atomic E-state index is 0.0116. The zero-order chi connectivity index (χ0) is 18.7. The number of nitro benzene ring substituents is 1. The fourth-order valence-corrected chi connectivity index (χ4v) is 2.41. The quantitative estimate of drug-likeness (QED) is 0.412. The van der Waals surface area contributed by atoms with Crippen LogP contribution in [0.5, 0.6) is 0 Å². The first-order valence-corrected chi connectivity index (χ1v) is 7.60. The average molecular weight is 372 g/mol. The number of rotatable bonds is 4. The number of carbonyl (C=O) groups excluding carboxylic acids is 1. The summed E-state index contributed by atoms with van der Waals surface area (Å²) < 4.78 is 0. The molecule has 1 aromatic heterocycles. The van der Waals surface area contributed by atoms with Crippen LogP contribution in [0.2, 0.25) is 5.02 Å². The molecule has 0 atom stereocenters. The molecule has 0 bridgehead atoms. The summed E-state index contributed by atoms with van der Waals surface area (Å²) >= 11 is 5.95. The van der Waals surface area contributed by atoms with Crippen LogP contribution in [0.15, 0.2) is 52.4 Å². The van der Waals surface area contributed by atoms with Gasteiger partial charge in [-0.15, -0.1) is 0 Å². The summed E-state index contributed by atoms with van der Waals surface area (Å²) in [6.07, 6.45) is 1.18. The lowest BCUT2D eigenvalue weighted by atomic mass is 10.1. The first-order chi connectivity index (χ1) is 12.5. The van der Waals surface area contributed by atoms with Crippen LogP contribution in [0.1, 0.15) is 16.1 Å². The lowest BCUT2D eigenvalue weighted by molar-refractivity contribution is -0.384. The molecule has 130 valence electrons. The molecule has 0 aliphatic heterocycles. The molecule has 0 spiro atoms. The smallest absolute Gasteiger partial charge is 0.267 e. The second kappa shape index (κ2) is 7.11. The van der Waals surface area contributed by atoms with E-state index in [1.807, 2.05) is 0 Å². The highest BCUT2D eigenvalue weighted by atomic mass is 35.5. The van der Waals surface area contributed by atoms with Gasteiger partial charge in [-0.25, -0.2) is 10.5 Å². The van der Waals surface area contributed by atoms with Crippen molar-refractivity contribution in [2.24, 2.45) is 5.10 Å². The zero-order valence-electron chi connectivity index (χ0n) is 13.0. The van der Waals surface area contributed by atoms with Gasteiger partial charge in [-0.1, -0.05) is 29.8 Å². The Morgan fingerprint density at radius 3 is 2.73 bits per heavy atom. The number of aromatic amines is 1. The highest BCUT2D eigenvalue weighted by Gasteiger charge is 2.13. The number of halogens is 1. The topological polar surface area (TPSA) is 130 Å². The van der Waals surface area contributed by atoms with Gasteiger partial charge >= 0.3 is 0 Å². The van der Waals surface area contributed by atoms with Gasteiger partial charge in [-0.2, -0.15) is 10.2 Å². The van der Waals surface area contributed by atoms with Gasteiger partial charge in [0.15, 0.2) is 5.69 Å². The number of hydrogen-bond donors (Lipinski definition) is 2. The first-order valence-electron chi connectivity index (χ1n) is 7.22. The second-order valence-corrected chi connectivity index (χ2v) is 5.52. The van der Waals surface area contributed by atoms with Crippen molar-refractivity contribution in [3.8, 4) is 0 Å². The van der Waals surface area contributed by atoms with E-state index in [1.165, 1.54) is 24.4 Å². The van der Waals surface area contributed by atoms with Crippen molar-refractivity contribution < 1.29 is 9.72 Å². The number of nitrogens with one attached hydrogen (secondary N) is 2. The number of hydrogen-bond acceptors (Lipinski definition) is 6. The van der Waals surface area contributed by atoms with Crippen LogP contribution >= 0.6 is 11.6 Å². The van der Waals surface area contributed by atoms with E-state index in [0.717, 1.165) is 0 Å². The van der Waals surface area contributed by atoms with Gasteiger partial charge in [0.2, 0.25) is 0 Å². The molecule has 0 unspecified atom stereocenters. The predicted octanol–water partition coefficient (Wildman–Crippen LogP) is 2.25. The molecular formula is C16H10ClN5O4. The van der Waals surface area contributed by atoms with E-state index in [4.69, 9.17) is 11.6 Å². The highest BCUT2D eigenvalue weighted by molar-refractivity contribution is 6.33. The number of non-ortho nitro benzene ring substituents is 1. The van der Waals surface area contributed by atoms with E-state index < -0.39 is 16.4 Å². The van der Waals surface area contributed by atoms with Gasteiger partial charge in [0, 0.05) is 28.1 Å². The number of H-pyrrole nitrogens is 1. The Labute approximate surface area is 150 Å². The molecule has 3 aromatic rings. The molecule has 0 aliphatic rings. The Morgan fingerprint density at radius 2 is 2.00 bits per heavy atom. The predicted molar refractivity (Wildman–Crippen MR) is 95.5 cm³/mol. The summed E-state index contributed by atoms with van der Waals surface area (Å²) in [5, 5.41) is 21.5. The standard InChI is InChI=1S/C16H10ClN5O4/c17-13-6-5-10(22(25)26)7-9(13)8-18-20-16(24)14-11-3-1-2-4-12(11)15(23)21-19-14/h1-8H,(H,20,24)(H,21,23)/b18-8+. The maximum atomic E-state index is 12.3. The van der Waals surface area contributed by atoms with E-state index in [0.29, 0.717) is 10.8 Å². The summed E-state index contributed by atoms with van der Waals surface area (Å²) in [6.45, 7) is 0. The SMILES string of the molecule is O=C(N/N=C/c1cc([N+](=O)[O-])ccc1Cl)c1n[nH]c(=O)c2ccccc12. The van der Waals surface area contributed by atoms with Crippen molar-refractivity contribution in [1.82, 2.24) is 15.6 Å². The van der Waals surface area contributed by atoms with Gasteiger partial charge in [-0.3, -0.25) is 19.7 Å². The van der Waals surface area contributed by atoms with E-state index in [-0.39, 0.29) is 22.0 Å². The maximum absolute atomic E-state index is 12.3. The molecule has 2 aromatic carbocycles. The van der Waals surface area contributed by atoms with Gasteiger partial charge in [0.1, 0.15) is 0 Å². The van der Waals surface area contributed by atoms with Crippen molar-refractivity contribution in [1.29, 1.82) is 0 Å². The normalized spacial score (nSPS) is 11.0. The van der Waals surface area contributed by atoms with Gasteiger partial charge < -0.3 is 0 Å². The van der Waals surface area contributed by atoms with Crippen LogP contribution in [0.3, 0.4) is 0 Å². The number of benzene rings is 2. The van der Waals surface area contributed by atoms with Crippen LogP contribution in [0.4, 0.5) is 5.69 Å². The molecule has 1 amide bonds. The molecule has 0 saturated carbocycles. The summed E-state index contributed by atoms with van der Waals surface area (Å²) in [4.78, 5) is 34.2. The van der Waals surface area contributed by atoms with Crippen LogP contribution < -0.4 is 11.0 Å². The number of nitrogens with zero attached hydrogens (tertiary/aromatic N) is 3. The molecule has 2 N–H and O–H groups in total. The maximum Gasteiger partial charge on any atom is 0.292 e. The Hall–Kier alpha value is -3.59. The molecule has 9 nitrogen and oxygen atoms in total. The fraction of sp³-hybridized carbons (Fsp3) is 0. The van der Waals surface area contributed by atoms with Crippen molar-refractivity contribution in [3.05, 3.63) is 79.2 Å². The number of nitro groups is 1. The Kier molecular flexibility index (Phi) is 4.72. The summed E-state index contributed by atoms with van der Waals surface area (Å²) in [5.74, 6) is -0.657. The lowest BCUT2D eigenvalue weighted by Crippen LogP contribution is -2.22. The summed E-state index contributed by atoms with van der Waals surface area (Å²) in [7, 11) is 0. The number of fused-ring (bicyclic) bond motifs is 1. The monoisotopic (exact) mass is 371 g/mol. The number of aromatic nitrogens is 2. The molecule has 0 aliphatic carbocycles. The van der Waals surface area contributed by atoms with Gasteiger partial charge in [0.25, 0.3) is 17.2 Å². The fourth-order valence-electron chi connectivity index (χ4n) is 2.24. The molecule has 3 rings (SSSR count). The first kappa shape index (κ1) is 17.2. The summed E-state index contributed by atoms with van der Waals surface area (Å²) in [5.41, 5.74) is 1.94. The lowest BCUT2D eigenvalue weighted by Gasteiger charge is -2.03. The Bertz CT molecular complexity index is 1110. The van der Waals surface area contributed by atoms with Crippen molar-refractivity contribution >= 4 is 40.2 Å². The van der Waals surface area contributed by atoms with Crippen LogP contribution in [0.25, 0.3) is 10.8 Å². The number of amides is 1. The minimum Gasteiger partial charge on any atom is -0.267 e. The third-order valence-electron chi connectivity index (χ3n) is 3.47. The van der Waals surface area contributed by atoms with Gasteiger partial charge in [-0.05, 0) is 12.1 Å². The van der Waals surface area contributed by atoms with Crippen molar-refractivity contribution in [2.45, 2.75) is 0 Å². The van der Waals surface area contributed by atoms with E-state index in [1.54, 1.807) is 24.3 Å². The van der Waals surface area contributed by atoms with Crippen LogP contribution in [-0.4, -0.2) is 27.2 Å². The van der Waals surface area contributed by atoms with Gasteiger partial charge in [0.05, 0.1) is 16.5 Å². The molecule has 1 heterocycles. The van der Waals surface area contributed by atoms with Crippen LogP contribution in [0, 0.1) is 10.1 Å². The van der Waals surface area contributed by atoms with E-state index in [2.05, 4.69) is 20.7 Å². The van der Waals surface area contributed by atoms with Crippen molar-refractivity contribution in [2.75, 3.05) is 0 Å². The molecule has 26 heavy (non-hydrogen) atoms. The molecular weight excluding hydrogens is 362 g/mol. The molecule has 0 fully saturated rings. The average Bonchev–Trinajstić information content (AvgIpc) is 2.63. The van der Waals surface area contributed by atoms with E-state index in [9.17, 15) is 19.7 Å². The second-order valence-electron chi connectivity index (χ2n) is 5.11. The number of hydrazone groups is 1. The van der Waals surface area contributed by atoms with Crippen molar-refractivity contribution in [3.63, 3.8) is 0 Å². The molecule has 0 radical (unpaired) electrons. The Morgan fingerprint density at radius 1 is 1.27 bits per heavy atom. The van der Waals surface area contributed by atoms with E-state index >= 15 is 0 Å². The highest BCUT2D eigenvalue weighted by Crippen LogP contribution is 2.20. The molecule has 0 saturated heterocycles. The summed E-state index contributed by atoms with van der Waals surface area (Å²) in [6, 6.07) is 10.3. The number of carbonyl (C=O) groups is 1. The third kappa shape index (κ3) is 3.42. The van der Waals surface area contributed by atoms with Crippen LogP contribution in [-0.2, 0) is 0 Å². The molecule has 10 heteroatoms. The minimum atomic E-state index is -0.657.